The predicted octanol–water partition coefficient (Wildman–Crippen LogP) is 4.36. The number of benzene rings is 2. The minimum atomic E-state index is -4.62. The maximum atomic E-state index is 13.4. The molecule has 182 valence electrons. The van der Waals surface area contributed by atoms with Crippen molar-refractivity contribution in [1.82, 2.24) is 5.32 Å². The Morgan fingerprint density at radius 1 is 1.20 bits per heavy atom. The van der Waals surface area contributed by atoms with E-state index < -0.39 is 35.5 Å². The predicted molar refractivity (Wildman–Crippen MR) is 122 cm³/mol. The van der Waals surface area contributed by atoms with Gasteiger partial charge in [-0.15, -0.1) is 0 Å². The van der Waals surface area contributed by atoms with Crippen molar-refractivity contribution in [3.05, 3.63) is 76.5 Å². The third-order valence-electron chi connectivity index (χ3n) is 5.76. The summed E-state index contributed by atoms with van der Waals surface area (Å²) in [6.45, 7) is 3.13. The van der Waals surface area contributed by atoms with E-state index in [0.717, 1.165) is 12.1 Å². The molecule has 1 amide bonds. The molecular formula is C25H23F3N4O3. The highest BCUT2D eigenvalue weighted by Crippen LogP contribution is 2.43. The number of esters is 1. The number of nitrogens with one attached hydrogen (secondary N) is 2. The summed E-state index contributed by atoms with van der Waals surface area (Å²) in [5, 5.41) is 20.5. The summed E-state index contributed by atoms with van der Waals surface area (Å²) in [5.41, 5.74) is 0.102. The van der Waals surface area contributed by atoms with Crippen LogP contribution >= 0.6 is 0 Å². The number of carbonyl (C=O) groups is 2. The van der Waals surface area contributed by atoms with Gasteiger partial charge < -0.3 is 15.0 Å². The molecule has 2 aromatic carbocycles. The number of carbonyl (C=O) groups excluding carboxylic acids is 2. The fourth-order valence-corrected chi connectivity index (χ4v) is 4.18. The molecule has 0 saturated heterocycles. The van der Waals surface area contributed by atoms with Gasteiger partial charge >= 0.3 is 12.1 Å². The van der Waals surface area contributed by atoms with Crippen LogP contribution in [0.25, 0.3) is 0 Å². The van der Waals surface area contributed by atoms with Crippen molar-refractivity contribution in [2.75, 3.05) is 18.6 Å². The van der Waals surface area contributed by atoms with Crippen LogP contribution in [0, 0.1) is 22.7 Å². The van der Waals surface area contributed by atoms with Crippen LogP contribution in [0.5, 0.6) is 0 Å². The second-order valence-corrected chi connectivity index (χ2v) is 7.79. The maximum Gasteiger partial charge on any atom is 0.416 e. The first kappa shape index (κ1) is 25.5. The van der Waals surface area contributed by atoms with Crippen molar-refractivity contribution in [2.24, 2.45) is 5.92 Å². The molecule has 10 heteroatoms. The molecule has 2 N–H and O–H groups in total. The quantitative estimate of drug-likeness (QED) is 0.614. The monoisotopic (exact) mass is 484 g/mol. The summed E-state index contributed by atoms with van der Waals surface area (Å²) in [6, 6.07) is 12.5. The van der Waals surface area contributed by atoms with Gasteiger partial charge in [0, 0.05) is 24.4 Å². The van der Waals surface area contributed by atoms with Crippen LogP contribution < -0.4 is 10.2 Å². The molecule has 0 aliphatic carbocycles. The lowest BCUT2D eigenvalue weighted by atomic mass is 9.75. The number of nitrogens with zero attached hydrogens (tertiary/aromatic N) is 2. The van der Waals surface area contributed by atoms with Crippen LogP contribution in [0.1, 0.15) is 36.5 Å². The van der Waals surface area contributed by atoms with E-state index in [2.05, 4.69) is 5.32 Å². The zero-order valence-corrected chi connectivity index (χ0v) is 19.2. The smallest absolute Gasteiger partial charge is 0.416 e. The molecule has 35 heavy (non-hydrogen) atoms. The van der Waals surface area contributed by atoms with E-state index in [0.29, 0.717) is 11.1 Å². The van der Waals surface area contributed by atoms with Crippen molar-refractivity contribution in [3.8, 4) is 6.07 Å². The number of amidine groups is 1. The van der Waals surface area contributed by atoms with Crippen LogP contribution in [0.3, 0.4) is 0 Å². The molecule has 0 fully saturated rings. The van der Waals surface area contributed by atoms with E-state index >= 15 is 0 Å². The average molecular weight is 484 g/mol. The van der Waals surface area contributed by atoms with Crippen molar-refractivity contribution < 1.29 is 27.5 Å². The van der Waals surface area contributed by atoms with Crippen LogP contribution in [-0.4, -0.2) is 31.4 Å². The number of hydrogen-bond acceptors (Lipinski definition) is 5. The number of amides is 1. The highest BCUT2D eigenvalue weighted by Gasteiger charge is 2.46. The van der Waals surface area contributed by atoms with Crippen molar-refractivity contribution in [1.29, 1.82) is 10.7 Å². The second-order valence-electron chi connectivity index (χ2n) is 7.79. The molecular weight excluding hydrogens is 461 g/mol. The van der Waals surface area contributed by atoms with Gasteiger partial charge in [0.25, 0.3) is 0 Å². The molecule has 0 radical (unpaired) electrons. The van der Waals surface area contributed by atoms with Gasteiger partial charge in [-0.2, -0.15) is 18.4 Å². The molecule has 2 unspecified atom stereocenters. The maximum absolute atomic E-state index is 13.4. The molecule has 1 heterocycles. The van der Waals surface area contributed by atoms with E-state index in [4.69, 9.17) is 15.4 Å². The minimum absolute atomic E-state index is 0.0173. The summed E-state index contributed by atoms with van der Waals surface area (Å²) in [4.78, 5) is 27.3. The van der Waals surface area contributed by atoms with Crippen molar-refractivity contribution in [3.63, 3.8) is 0 Å². The Kier molecular flexibility index (Phi) is 7.29. The van der Waals surface area contributed by atoms with Gasteiger partial charge in [0.2, 0.25) is 5.91 Å². The lowest BCUT2D eigenvalue weighted by Gasteiger charge is -2.41. The summed E-state index contributed by atoms with van der Waals surface area (Å²) in [7, 11) is 1.37. The Balaban J connectivity index is 2.31. The standard InChI is InChI=1S/C25H23F3N4O3/c1-4-35-24(34)19-14(2)32(18-7-5-6-17(12-18)25(26,27)28)22(30)21(23(33)31-3)20(19)16-10-8-15(13-29)9-11-16/h5-12,20-21,30H,4H2,1-3H3,(H,31,33). The normalized spacial score (nSPS) is 18.2. The van der Waals surface area contributed by atoms with E-state index in [1.165, 1.54) is 43.1 Å². The highest BCUT2D eigenvalue weighted by molar-refractivity contribution is 6.15. The Labute approximate surface area is 200 Å². The summed E-state index contributed by atoms with van der Waals surface area (Å²) in [5.74, 6) is -3.88. The molecule has 1 aliphatic rings. The van der Waals surface area contributed by atoms with Gasteiger partial charge in [0.1, 0.15) is 11.8 Å². The lowest BCUT2D eigenvalue weighted by Crippen LogP contribution is -2.50. The van der Waals surface area contributed by atoms with Crippen molar-refractivity contribution >= 4 is 23.4 Å². The Morgan fingerprint density at radius 2 is 1.86 bits per heavy atom. The fraction of sp³-hybridized carbons (Fsp3) is 0.280. The molecule has 3 rings (SSSR count). The highest BCUT2D eigenvalue weighted by atomic mass is 19.4. The Bertz CT molecular complexity index is 1230. The summed E-state index contributed by atoms with van der Waals surface area (Å²) in [6.07, 6.45) is -4.62. The summed E-state index contributed by atoms with van der Waals surface area (Å²) < 4.78 is 45.4. The van der Waals surface area contributed by atoms with Gasteiger partial charge in [-0.05, 0) is 49.7 Å². The number of hydrogen-bond donors (Lipinski definition) is 2. The van der Waals surface area contributed by atoms with Gasteiger partial charge in [0.15, 0.2) is 0 Å². The molecule has 2 aromatic rings. The van der Waals surface area contributed by atoms with Gasteiger partial charge in [-0.3, -0.25) is 10.2 Å². The molecule has 0 aromatic heterocycles. The van der Waals surface area contributed by atoms with E-state index in [-0.39, 0.29) is 29.4 Å². The number of allylic oxidation sites excluding steroid dienone is 1. The van der Waals surface area contributed by atoms with Crippen LogP contribution in [0.15, 0.2) is 59.8 Å². The van der Waals surface area contributed by atoms with Crippen molar-refractivity contribution in [2.45, 2.75) is 25.9 Å². The molecule has 0 saturated carbocycles. The molecule has 7 nitrogen and oxygen atoms in total. The van der Waals surface area contributed by atoms with E-state index in [1.54, 1.807) is 19.1 Å². The Hall–Kier alpha value is -4.13. The second kappa shape index (κ2) is 10.0. The van der Waals surface area contributed by atoms with Gasteiger partial charge in [0.05, 0.1) is 29.4 Å². The fourth-order valence-electron chi connectivity index (χ4n) is 4.18. The van der Waals surface area contributed by atoms with Gasteiger partial charge in [-0.1, -0.05) is 18.2 Å². The zero-order chi connectivity index (χ0) is 25.9. The minimum Gasteiger partial charge on any atom is -0.463 e. The first-order valence-electron chi connectivity index (χ1n) is 10.7. The molecule has 0 spiro atoms. The molecule has 1 aliphatic heterocycles. The molecule has 0 bridgehead atoms. The molecule has 2 atom stereocenters. The number of alkyl halides is 3. The Morgan fingerprint density at radius 3 is 2.40 bits per heavy atom. The first-order chi connectivity index (χ1) is 16.5. The SMILES string of the molecule is CCOC(=O)C1=C(C)N(c2cccc(C(F)(F)F)c2)C(=N)C(C(=O)NC)C1c1ccc(C#N)cc1. The van der Waals surface area contributed by atoms with E-state index in [9.17, 15) is 22.8 Å². The third kappa shape index (κ3) is 4.89. The largest absolute Gasteiger partial charge is 0.463 e. The third-order valence-corrected chi connectivity index (χ3v) is 5.76. The number of rotatable bonds is 5. The topological polar surface area (TPSA) is 106 Å². The average Bonchev–Trinajstić information content (AvgIpc) is 2.83. The van der Waals surface area contributed by atoms with Crippen LogP contribution in [0.2, 0.25) is 0 Å². The zero-order valence-electron chi connectivity index (χ0n) is 19.2. The number of anilines is 1. The first-order valence-corrected chi connectivity index (χ1v) is 10.7. The van der Waals surface area contributed by atoms with Gasteiger partial charge in [-0.25, -0.2) is 4.79 Å². The van der Waals surface area contributed by atoms with E-state index in [1.807, 2.05) is 6.07 Å². The number of halogens is 3. The number of nitriles is 1. The van der Waals surface area contributed by atoms with Crippen LogP contribution in [-0.2, 0) is 20.5 Å². The summed E-state index contributed by atoms with van der Waals surface area (Å²) >= 11 is 0. The van der Waals surface area contributed by atoms with Crippen LogP contribution in [0.4, 0.5) is 18.9 Å². The number of ether oxygens (including phenoxy) is 1. The lowest BCUT2D eigenvalue weighted by molar-refractivity contribution is -0.139.